The van der Waals surface area contributed by atoms with Crippen molar-refractivity contribution in [2.75, 3.05) is 29.6 Å². The number of hydrogen-bond donors (Lipinski definition) is 2. The van der Waals surface area contributed by atoms with E-state index in [-0.39, 0.29) is 24.6 Å². The summed E-state index contributed by atoms with van der Waals surface area (Å²) in [6.45, 7) is 0.251. The van der Waals surface area contributed by atoms with Crippen molar-refractivity contribution in [2.45, 2.75) is 13.1 Å². The molecule has 0 atom stereocenters. The SMILES string of the molecule is CN(C)c1cccc(C(=O)N(Cc2ccccc2)c2c(N)n(Cc3ccccc3)c(=O)[nH]c2=O)c1. The third-order valence-electron chi connectivity index (χ3n) is 5.71. The van der Waals surface area contributed by atoms with Crippen molar-refractivity contribution < 1.29 is 4.79 Å². The van der Waals surface area contributed by atoms with Crippen molar-refractivity contribution in [3.63, 3.8) is 0 Å². The van der Waals surface area contributed by atoms with Gasteiger partial charge >= 0.3 is 5.69 Å². The van der Waals surface area contributed by atoms with E-state index in [0.29, 0.717) is 5.56 Å². The monoisotopic (exact) mass is 469 g/mol. The Kier molecular flexibility index (Phi) is 6.82. The zero-order valence-electron chi connectivity index (χ0n) is 19.6. The predicted octanol–water partition coefficient (Wildman–Crippen LogP) is 3.08. The molecule has 0 bridgehead atoms. The predicted molar refractivity (Wildman–Crippen MR) is 139 cm³/mol. The summed E-state index contributed by atoms with van der Waals surface area (Å²) >= 11 is 0. The van der Waals surface area contributed by atoms with E-state index in [9.17, 15) is 14.4 Å². The van der Waals surface area contributed by atoms with Crippen molar-refractivity contribution in [1.82, 2.24) is 9.55 Å². The first-order valence-electron chi connectivity index (χ1n) is 11.1. The van der Waals surface area contributed by atoms with Gasteiger partial charge < -0.3 is 10.6 Å². The van der Waals surface area contributed by atoms with Gasteiger partial charge in [-0.05, 0) is 29.3 Å². The largest absolute Gasteiger partial charge is 0.383 e. The lowest BCUT2D eigenvalue weighted by molar-refractivity contribution is 0.0984. The topological polar surface area (TPSA) is 104 Å². The highest BCUT2D eigenvalue weighted by molar-refractivity contribution is 6.07. The van der Waals surface area contributed by atoms with Crippen LogP contribution in [0.2, 0.25) is 0 Å². The Hall–Kier alpha value is -4.59. The Bertz CT molecular complexity index is 1440. The van der Waals surface area contributed by atoms with Crippen molar-refractivity contribution in [3.8, 4) is 0 Å². The highest BCUT2D eigenvalue weighted by Gasteiger charge is 2.26. The van der Waals surface area contributed by atoms with Gasteiger partial charge in [-0.25, -0.2) is 4.79 Å². The van der Waals surface area contributed by atoms with Crippen molar-refractivity contribution in [2.24, 2.45) is 0 Å². The standard InChI is InChI=1S/C27H27N5O3/c1-30(2)22-15-9-14-21(16-22)26(34)31(17-19-10-5-3-6-11-19)23-24(28)32(27(35)29-25(23)33)18-20-12-7-4-8-13-20/h3-16H,17-18,28H2,1-2H3,(H,29,33,35). The fourth-order valence-electron chi connectivity index (χ4n) is 3.85. The number of nitrogens with zero attached hydrogens (tertiary/aromatic N) is 3. The maximum absolute atomic E-state index is 13.8. The number of benzene rings is 3. The molecule has 0 unspecified atom stereocenters. The van der Waals surface area contributed by atoms with E-state index < -0.39 is 17.2 Å². The second kappa shape index (κ2) is 10.1. The molecule has 1 aromatic heterocycles. The molecule has 3 N–H and O–H groups in total. The minimum atomic E-state index is -0.718. The van der Waals surface area contributed by atoms with E-state index in [1.807, 2.05) is 85.7 Å². The van der Waals surface area contributed by atoms with Crippen LogP contribution in [0.1, 0.15) is 21.5 Å². The molecule has 0 aliphatic rings. The summed E-state index contributed by atoms with van der Waals surface area (Å²) in [5.41, 5.74) is 7.88. The molecule has 0 spiro atoms. The Morgan fingerprint density at radius 3 is 2.14 bits per heavy atom. The number of H-pyrrole nitrogens is 1. The molecule has 0 aliphatic carbocycles. The van der Waals surface area contributed by atoms with Gasteiger partial charge in [0.15, 0.2) is 5.69 Å². The first-order chi connectivity index (χ1) is 16.8. The van der Waals surface area contributed by atoms with E-state index in [1.54, 1.807) is 18.2 Å². The number of aromatic amines is 1. The average molecular weight is 470 g/mol. The van der Waals surface area contributed by atoms with E-state index in [2.05, 4.69) is 4.98 Å². The highest BCUT2D eigenvalue weighted by atomic mass is 16.2. The van der Waals surface area contributed by atoms with Gasteiger partial charge in [0.2, 0.25) is 0 Å². The summed E-state index contributed by atoms with van der Waals surface area (Å²) in [5.74, 6) is -0.477. The lowest BCUT2D eigenvalue weighted by Crippen LogP contribution is -2.41. The number of nitrogens with two attached hydrogens (primary N) is 1. The van der Waals surface area contributed by atoms with Crippen molar-refractivity contribution in [3.05, 3.63) is 122 Å². The maximum Gasteiger partial charge on any atom is 0.330 e. The van der Waals surface area contributed by atoms with Crippen LogP contribution in [0.4, 0.5) is 17.2 Å². The van der Waals surface area contributed by atoms with Crippen molar-refractivity contribution >= 4 is 23.1 Å². The normalized spacial score (nSPS) is 10.7. The molecule has 0 fully saturated rings. The molecule has 1 heterocycles. The molecule has 0 saturated heterocycles. The van der Waals surface area contributed by atoms with Crippen LogP contribution in [0.15, 0.2) is 94.5 Å². The van der Waals surface area contributed by atoms with Gasteiger partial charge in [0, 0.05) is 25.3 Å². The summed E-state index contributed by atoms with van der Waals surface area (Å²) in [4.78, 5) is 45.1. The molecule has 0 radical (unpaired) electrons. The highest BCUT2D eigenvalue weighted by Crippen LogP contribution is 2.24. The quantitative estimate of drug-likeness (QED) is 0.433. The zero-order valence-corrected chi connectivity index (χ0v) is 19.6. The maximum atomic E-state index is 13.8. The fraction of sp³-hybridized carbons (Fsp3) is 0.148. The zero-order chi connectivity index (χ0) is 24.9. The van der Waals surface area contributed by atoms with Gasteiger partial charge in [-0.15, -0.1) is 0 Å². The Balaban J connectivity index is 1.85. The number of aromatic nitrogens is 2. The van der Waals surface area contributed by atoms with Gasteiger partial charge in [-0.2, -0.15) is 0 Å². The minimum Gasteiger partial charge on any atom is -0.383 e. The third-order valence-corrected chi connectivity index (χ3v) is 5.71. The lowest BCUT2D eigenvalue weighted by Gasteiger charge is -2.25. The first-order valence-corrected chi connectivity index (χ1v) is 11.1. The van der Waals surface area contributed by atoms with Crippen LogP contribution < -0.4 is 26.8 Å². The molecule has 178 valence electrons. The number of amides is 1. The van der Waals surface area contributed by atoms with Gasteiger partial charge in [0.1, 0.15) is 5.82 Å². The Morgan fingerprint density at radius 1 is 0.886 bits per heavy atom. The smallest absolute Gasteiger partial charge is 0.330 e. The van der Waals surface area contributed by atoms with Gasteiger partial charge in [0.25, 0.3) is 11.5 Å². The van der Waals surface area contributed by atoms with Gasteiger partial charge in [-0.3, -0.25) is 24.0 Å². The number of nitrogen functional groups attached to an aromatic ring is 1. The Morgan fingerprint density at radius 2 is 1.51 bits per heavy atom. The van der Waals surface area contributed by atoms with E-state index in [1.165, 1.54) is 9.47 Å². The van der Waals surface area contributed by atoms with Crippen LogP contribution >= 0.6 is 0 Å². The van der Waals surface area contributed by atoms with E-state index >= 15 is 0 Å². The molecule has 0 saturated carbocycles. The van der Waals surface area contributed by atoms with Crippen LogP contribution in [0.3, 0.4) is 0 Å². The number of hydrogen-bond acceptors (Lipinski definition) is 5. The number of carbonyl (C=O) groups excluding carboxylic acids is 1. The summed E-state index contributed by atoms with van der Waals surface area (Å²) in [5, 5.41) is 0. The summed E-state index contributed by atoms with van der Waals surface area (Å²) in [6, 6.07) is 25.7. The molecular formula is C27H27N5O3. The van der Waals surface area contributed by atoms with Crippen LogP contribution in [0, 0.1) is 0 Å². The van der Waals surface area contributed by atoms with Crippen LogP contribution in [-0.4, -0.2) is 29.6 Å². The molecule has 4 aromatic rings. The number of carbonyl (C=O) groups is 1. The molecule has 8 nitrogen and oxygen atoms in total. The molecule has 4 rings (SSSR count). The molecule has 0 aliphatic heterocycles. The second-order valence-electron chi connectivity index (χ2n) is 8.39. The second-order valence-corrected chi connectivity index (χ2v) is 8.39. The molecule has 3 aromatic carbocycles. The van der Waals surface area contributed by atoms with Crippen molar-refractivity contribution in [1.29, 1.82) is 0 Å². The lowest BCUT2D eigenvalue weighted by atomic mass is 10.1. The third kappa shape index (κ3) is 5.16. The number of anilines is 3. The van der Waals surface area contributed by atoms with E-state index in [4.69, 9.17) is 5.73 Å². The molecular weight excluding hydrogens is 442 g/mol. The fourth-order valence-corrected chi connectivity index (χ4v) is 3.85. The van der Waals surface area contributed by atoms with E-state index in [0.717, 1.165) is 16.8 Å². The summed E-state index contributed by atoms with van der Waals surface area (Å²) in [6.07, 6.45) is 0. The number of nitrogens with one attached hydrogen (secondary N) is 1. The minimum absolute atomic E-state index is 0.0651. The first kappa shape index (κ1) is 23.6. The summed E-state index contributed by atoms with van der Waals surface area (Å²) in [7, 11) is 3.76. The van der Waals surface area contributed by atoms with Gasteiger partial charge in [-0.1, -0.05) is 66.7 Å². The summed E-state index contributed by atoms with van der Waals surface area (Å²) < 4.78 is 1.27. The van der Waals surface area contributed by atoms with Gasteiger partial charge in [0.05, 0.1) is 13.1 Å². The molecule has 35 heavy (non-hydrogen) atoms. The average Bonchev–Trinajstić information content (AvgIpc) is 2.86. The number of rotatable bonds is 7. The molecule has 8 heteroatoms. The van der Waals surface area contributed by atoms with Crippen LogP contribution in [-0.2, 0) is 13.1 Å². The van der Waals surface area contributed by atoms with Crippen LogP contribution in [0.5, 0.6) is 0 Å². The Labute approximate surface area is 202 Å². The van der Waals surface area contributed by atoms with Crippen LogP contribution in [0.25, 0.3) is 0 Å². The molecule has 1 amide bonds.